The first-order valence-electron chi connectivity index (χ1n) is 19.9. The minimum atomic E-state index is -4.81. The van der Waals surface area contributed by atoms with Crippen molar-refractivity contribution in [3.05, 3.63) is 122 Å². The molecule has 0 aliphatic rings. The third-order valence-electron chi connectivity index (χ3n) is 7.56. The first kappa shape index (κ1) is 51.4. The molecule has 0 aliphatic heterocycles. The van der Waals surface area contributed by atoms with Crippen molar-refractivity contribution in [3.63, 3.8) is 0 Å². The molecule has 1 unspecified atom stereocenters. The molecule has 0 spiro atoms. The quantitative estimate of drug-likeness (QED) is 0.0191. The zero-order valence-corrected chi connectivity index (χ0v) is 34.3. The number of hydrogen-bond acceptors (Lipinski definition) is 7. The minimum absolute atomic E-state index is 0.0991. The lowest BCUT2D eigenvalue weighted by atomic mass is 10.2. The standard InChI is InChI=1S/C45H69O9P/c1-3-5-7-9-11-12-13-14-15-16-17-18-19-24-27-31-35-39-45(48)54-43(41-53-55(49,50)51)40-52-44(47)38-34-30-26-23-21-20-22-25-29-33-37-42(46)36-32-28-10-8-6-4-2/h6,8,11-12,14-15,17-18,20-21,24-30,32-33,37,42-43,46H,3-5,7,9-10,13,16,19,22-23,31,34-36,38-41H2,1-2H3,(H2,49,50,51)/b8-6-,12-11-,15-14-,18-17-,21-20-,27-24-,29-25-,30-26-,32-28-,37-33+/t42?,43-/m1/s1. The molecule has 308 valence electrons. The molecule has 10 heteroatoms. The van der Waals surface area contributed by atoms with Gasteiger partial charge in [-0.25, -0.2) is 4.57 Å². The van der Waals surface area contributed by atoms with Crippen molar-refractivity contribution in [1.82, 2.24) is 0 Å². The number of unbranched alkanes of at least 4 members (excludes halogenated alkanes) is 4. The van der Waals surface area contributed by atoms with Crippen LogP contribution in [-0.2, 0) is 28.2 Å². The normalized spacial score (nSPS) is 14.3. The summed E-state index contributed by atoms with van der Waals surface area (Å²) in [4.78, 5) is 42.7. The van der Waals surface area contributed by atoms with Crippen molar-refractivity contribution < 1.29 is 43.0 Å². The molecule has 55 heavy (non-hydrogen) atoms. The Morgan fingerprint density at radius 3 is 1.69 bits per heavy atom. The van der Waals surface area contributed by atoms with Crippen LogP contribution in [0.15, 0.2) is 122 Å². The summed E-state index contributed by atoms with van der Waals surface area (Å²) < 4.78 is 26.2. The van der Waals surface area contributed by atoms with E-state index in [4.69, 9.17) is 19.3 Å². The number of ether oxygens (including phenoxy) is 2. The number of allylic oxidation sites excluding steroid dienone is 18. The van der Waals surface area contributed by atoms with Gasteiger partial charge in [-0.05, 0) is 83.5 Å². The summed E-state index contributed by atoms with van der Waals surface area (Å²) in [5.74, 6) is -1.09. The zero-order valence-electron chi connectivity index (χ0n) is 33.4. The molecular formula is C45H69O9P. The van der Waals surface area contributed by atoms with Crippen LogP contribution < -0.4 is 0 Å². The molecule has 0 aromatic carbocycles. The highest BCUT2D eigenvalue weighted by molar-refractivity contribution is 7.46. The average Bonchev–Trinajstić information content (AvgIpc) is 3.15. The summed E-state index contributed by atoms with van der Waals surface area (Å²) in [5.41, 5.74) is 0. The number of phosphoric acid groups is 1. The van der Waals surface area contributed by atoms with Gasteiger partial charge in [-0.1, -0.05) is 148 Å². The predicted molar refractivity (Wildman–Crippen MR) is 226 cm³/mol. The highest BCUT2D eigenvalue weighted by Gasteiger charge is 2.22. The Kier molecular flexibility index (Phi) is 36.2. The molecule has 0 aromatic heterocycles. The molecule has 0 saturated heterocycles. The molecular weight excluding hydrogens is 715 g/mol. The molecule has 3 N–H and O–H groups in total. The Balaban J connectivity index is 4.26. The molecule has 0 bridgehead atoms. The van der Waals surface area contributed by atoms with Crippen molar-refractivity contribution in [2.24, 2.45) is 0 Å². The molecule has 0 saturated carbocycles. The lowest BCUT2D eigenvalue weighted by molar-refractivity contribution is -0.161. The Labute approximate surface area is 331 Å². The van der Waals surface area contributed by atoms with Crippen LogP contribution in [-0.4, -0.2) is 52.3 Å². The van der Waals surface area contributed by atoms with Crippen LogP contribution >= 0.6 is 7.82 Å². The Hall–Kier alpha value is -3.59. The van der Waals surface area contributed by atoms with Crippen LogP contribution in [0, 0.1) is 0 Å². The SMILES string of the molecule is CC/C=C\C/C=C\CC(O)/C=C/C=C\C/C=C\C/C=C\CCC(=O)OC[C@H](COP(=O)(O)O)OC(=O)CCC/C=C\C/C=C\C/C=C\C/C=C\CCCCC. The van der Waals surface area contributed by atoms with Crippen LogP contribution in [0.5, 0.6) is 0 Å². The van der Waals surface area contributed by atoms with Crippen LogP contribution in [0.3, 0.4) is 0 Å². The molecule has 0 rings (SSSR count). The van der Waals surface area contributed by atoms with Crippen LogP contribution in [0.25, 0.3) is 0 Å². The monoisotopic (exact) mass is 784 g/mol. The van der Waals surface area contributed by atoms with Gasteiger partial charge in [0.15, 0.2) is 6.10 Å². The van der Waals surface area contributed by atoms with Crippen molar-refractivity contribution >= 4 is 19.8 Å². The van der Waals surface area contributed by atoms with E-state index >= 15 is 0 Å². The molecule has 0 heterocycles. The van der Waals surface area contributed by atoms with E-state index in [1.54, 1.807) is 6.08 Å². The number of carbonyl (C=O) groups excluding carboxylic acids is 2. The van der Waals surface area contributed by atoms with Gasteiger partial charge in [0.25, 0.3) is 0 Å². The maximum absolute atomic E-state index is 12.4. The van der Waals surface area contributed by atoms with Crippen LogP contribution in [0.2, 0.25) is 0 Å². The van der Waals surface area contributed by atoms with Gasteiger partial charge in [0.2, 0.25) is 0 Å². The number of aliphatic hydroxyl groups excluding tert-OH is 1. The van der Waals surface area contributed by atoms with Gasteiger partial charge in [0.05, 0.1) is 12.7 Å². The third kappa shape index (κ3) is 41.4. The van der Waals surface area contributed by atoms with E-state index in [2.05, 4.69) is 73.1 Å². The zero-order chi connectivity index (χ0) is 40.5. The lowest BCUT2D eigenvalue weighted by Crippen LogP contribution is -2.29. The Morgan fingerprint density at radius 2 is 1.11 bits per heavy atom. The first-order chi connectivity index (χ1) is 26.7. The lowest BCUT2D eigenvalue weighted by Gasteiger charge is -2.18. The van der Waals surface area contributed by atoms with Crippen molar-refractivity contribution in [3.8, 4) is 0 Å². The van der Waals surface area contributed by atoms with E-state index < -0.39 is 38.6 Å². The topological polar surface area (TPSA) is 140 Å². The largest absolute Gasteiger partial charge is 0.469 e. The number of phosphoric ester groups is 1. The van der Waals surface area contributed by atoms with Crippen molar-refractivity contribution in [1.29, 1.82) is 0 Å². The fraction of sp³-hybridized carbons (Fsp3) is 0.511. The van der Waals surface area contributed by atoms with Gasteiger partial charge < -0.3 is 24.4 Å². The Bertz CT molecular complexity index is 1310. The number of rotatable bonds is 34. The van der Waals surface area contributed by atoms with Gasteiger partial charge in [-0.15, -0.1) is 0 Å². The van der Waals surface area contributed by atoms with E-state index in [1.807, 2.05) is 60.8 Å². The number of aliphatic hydroxyl groups is 1. The van der Waals surface area contributed by atoms with E-state index in [9.17, 15) is 19.3 Å². The van der Waals surface area contributed by atoms with E-state index in [0.29, 0.717) is 32.1 Å². The first-order valence-corrected chi connectivity index (χ1v) is 21.5. The second kappa shape index (κ2) is 38.7. The molecule has 0 aliphatic carbocycles. The van der Waals surface area contributed by atoms with E-state index in [-0.39, 0.29) is 19.4 Å². The number of hydrogen-bond donors (Lipinski definition) is 3. The molecule has 9 nitrogen and oxygen atoms in total. The van der Waals surface area contributed by atoms with Gasteiger partial charge in [-0.2, -0.15) is 0 Å². The van der Waals surface area contributed by atoms with E-state index in [1.165, 1.54) is 19.3 Å². The van der Waals surface area contributed by atoms with Crippen LogP contribution in [0.4, 0.5) is 0 Å². The molecule has 0 aromatic rings. The van der Waals surface area contributed by atoms with E-state index in [0.717, 1.165) is 44.9 Å². The second-order valence-corrected chi connectivity index (χ2v) is 14.0. The van der Waals surface area contributed by atoms with Crippen molar-refractivity contribution in [2.45, 2.75) is 135 Å². The molecule has 2 atom stereocenters. The third-order valence-corrected chi connectivity index (χ3v) is 8.04. The molecule has 0 fully saturated rings. The minimum Gasteiger partial charge on any atom is -0.462 e. The maximum atomic E-state index is 12.4. The van der Waals surface area contributed by atoms with Gasteiger partial charge in [0, 0.05) is 12.8 Å². The highest BCUT2D eigenvalue weighted by atomic mass is 31.2. The summed E-state index contributed by atoms with van der Waals surface area (Å²) >= 11 is 0. The smallest absolute Gasteiger partial charge is 0.462 e. The van der Waals surface area contributed by atoms with Gasteiger partial charge >= 0.3 is 19.8 Å². The Morgan fingerprint density at radius 1 is 0.582 bits per heavy atom. The van der Waals surface area contributed by atoms with Gasteiger partial charge in [-0.3, -0.25) is 14.1 Å². The van der Waals surface area contributed by atoms with Crippen molar-refractivity contribution in [2.75, 3.05) is 13.2 Å². The number of carbonyl (C=O) groups is 2. The maximum Gasteiger partial charge on any atom is 0.469 e. The summed E-state index contributed by atoms with van der Waals surface area (Å²) in [6, 6.07) is 0. The second-order valence-electron chi connectivity index (χ2n) is 12.7. The fourth-order valence-electron chi connectivity index (χ4n) is 4.59. The summed E-state index contributed by atoms with van der Waals surface area (Å²) in [6.45, 7) is 3.34. The molecule has 0 amide bonds. The average molecular weight is 785 g/mol. The fourth-order valence-corrected chi connectivity index (χ4v) is 4.95. The summed E-state index contributed by atoms with van der Waals surface area (Å²) in [5, 5.41) is 9.97. The number of esters is 2. The summed E-state index contributed by atoms with van der Waals surface area (Å²) in [7, 11) is -4.81. The summed E-state index contributed by atoms with van der Waals surface area (Å²) in [6.07, 6.45) is 52.5. The van der Waals surface area contributed by atoms with Gasteiger partial charge in [0.1, 0.15) is 6.61 Å². The van der Waals surface area contributed by atoms with Crippen LogP contribution in [0.1, 0.15) is 123 Å². The predicted octanol–water partition coefficient (Wildman–Crippen LogP) is 11.1. The molecule has 0 radical (unpaired) electrons. The highest BCUT2D eigenvalue weighted by Crippen LogP contribution is 2.35.